The quantitative estimate of drug-likeness (QED) is 0.0434. The van der Waals surface area contributed by atoms with Crippen molar-refractivity contribution in [2.24, 2.45) is 11.8 Å². The lowest BCUT2D eigenvalue weighted by Crippen LogP contribution is -2.51. The number of hydroxylamine groups is 1. The van der Waals surface area contributed by atoms with Crippen LogP contribution in [0.5, 0.6) is 11.5 Å². The number of benzene rings is 4. The molecule has 400 valence electrons. The van der Waals surface area contributed by atoms with E-state index in [1.54, 1.807) is 32.9 Å². The molecule has 1 fully saturated rings. The van der Waals surface area contributed by atoms with Gasteiger partial charge in [-0.05, 0) is 126 Å². The smallest absolute Gasteiger partial charge is 0.407 e. The van der Waals surface area contributed by atoms with Crippen LogP contribution in [-0.2, 0) is 56.8 Å². The van der Waals surface area contributed by atoms with Crippen molar-refractivity contribution in [2.45, 2.75) is 127 Å². The van der Waals surface area contributed by atoms with Gasteiger partial charge >= 0.3 is 12.2 Å². The molecule has 1 heterocycles. The second kappa shape index (κ2) is 28.8. The summed E-state index contributed by atoms with van der Waals surface area (Å²) in [5.41, 5.74) is 0.812. The van der Waals surface area contributed by atoms with Crippen LogP contribution in [-0.4, -0.2) is 115 Å². The summed E-state index contributed by atoms with van der Waals surface area (Å²) in [5.74, 6) is 1.41. The first kappa shape index (κ1) is 61.0. The number of nitrogens with zero attached hydrogens (tertiary/aromatic N) is 1. The van der Waals surface area contributed by atoms with Gasteiger partial charge in [-0.2, -0.15) is 0 Å². The summed E-state index contributed by atoms with van der Waals surface area (Å²) >= 11 is 0. The number of sulfonamides is 2. The molecule has 0 aromatic heterocycles. The molecule has 4 N–H and O–H groups in total. The molecule has 0 spiro atoms. The molecule has 1 aliphatic rings. The zero-order chi connectivity index (χ0) is 53.7. The van der Waals surface area contributed by atoms with Gasteiger partial charge in [-0.1, -0.05) is 97.7 Å². The molecule has 0 bridgehead atoms. The molecule has 5 rings (SSSR count). The van der Waals surface area contributed by atoms with E-state index in [-0.39, 0.29) is 52.9 Å². The summed E-state index contributed by atoms with van der Waals surface area (Å²) in [6.45, 7) is 19.1. The first-order valence-corrected chi connectivity index (χ1v) is 26.6. The Bertz CT molecular complexity index is 2430. The third-order valence-corrected chi connectivity index (χ3v) is 12.6. The molecular weight excluding hydrogens is 969 g/mol. The molecule has 2 amide bonds. The molecule has 18 nitrogen and oxygen atoms in total. The van der Waals surface area contributed by atoms with Crippen molar-refractivity contribution in [1.82, 2.24) is 20.0 Å². The number of methoxy groups -OCH3 is 2. The molecule has 72 heavy (non-hydrogen) atoms. The van der Waals surface area contributed by atoms with Crippen LogP contribution < -0.4 is 25.0 Å². The summed E-state index contributed by atoms with van der Waals surface area (Å²) in [6.07, 6.45) is -1.29. The second-order valence-electron chi connectivity index (χ2n) is 19.6. The largest absolute Gasteiger partial charge is 0.497 e. The van der Waals surface area contributed by atoms with E-state index in [0.29, 0.717) is 24.7 Å². The van der Waals surface area contributed by atoms with Gasteiger partial charge in [0.15, 0.2) is 0 Å². The fourth-order valence-corrected chi connectivity index (χ4v) is 8.26. The summed E-state index contributed by atoms with van der Waals surface area (Å²) < 4.78 is 77.1. The van der Waals surface area contributed by atoms with Gasteiger partial charge in [0.05, 0.1) is 68.6 Å². The maximum Gasteiger partial charge on any atom is 0.407 e. The fourth-order valence-electron chi connectivity index (χ4n) is 6.18. The Kier molecular flexibility index (Phi) is 24.4. The van der Waals surface area contributed by atoms with Gasteiger partial charge in [-0.25, -0.2) is 26.4 Å². The number of carbonyl (C=O) groups excluding carboxylic acids is 2. The third kappa shape index (κ3) is 23.5. The van der Waals surface area contributed by atoms with Crippen molar-refractivity contribution >= 4 is 32.2 Å². The van der Waals surface area contributed by atoms with Crippen molar-refractivity contribution in [3.05, 3.63) is 120 Å². The van der Waals surface area contributed by atoms with Gasteiger partial charge in [0.2, 0.25) is 0 Å². The third-order valence-electron chi connectivity index (χ3n) is 9.74. The van der Waals surface area contributed by atoms with E-state index < -0.39 is 56.0 Å². The number of ether oxygens (including phenoxy) is 5. The Balaban J connectivity index is 0.000000317. The molecule has 0 saturated carbocycles. The highest BCUT2D eigenvalue weighted by Gasteiger charge is 2.35. The molecule has 0 radical (unpaired) electrons. The lowest BCUT2D eigenvalue weighted by molar-refractivity contribution is -0.115. The molecule has 4 aromatic rings. The lowest BCUT2D eigenvalue weighted by atomic mass is 10.0. The van der Waals surface area contributed by atoms with Crippen molar-refractivity contribution in [3.63, 3.8) is 0 Å². The van der Waals surface area contributed by atoms with Crippen molar-refractivity contribution in [3.8, 4) is 11.5 Å². The molecule has 1 saturated heterocycles. The first-order chi connectivity index (χ1) is 33.7. The van der Waals surface area contributed by atoms with E-state index in [1.807, 2.05) is 109 Å². The Hall–Kier alpha value is -5.32. The molecule has 0 aliphatic carbocycles. The van der Waals surface area contributed by atoms with E-state index in [2.05, 4.69) is 15.5 Å². The predicted octanol–water partition coefficient (Wildman–Crippen LogP) is 7.85. The number of carbonyl (C=O) groups is 2. The number of amides is 2. The number of epoxide rings is 1. The zero-order valence-corrected chi connectivity index (χ0v) is 45.3. The minimum Gasteiger partial charge on any atom is -0.497 e. The number of hydrogen-bond acceptors (Lipinski definition) is 14. The van der Waals surface area contributed by atoms with Crippen molar-refractivity contribution < 1.29 is 64.9 Å². The van der Waals surface area contributed by atoms with E-state index in [0.717, 1.165) is 16.5 Å². The molecule has 1 unspecified atom stereocenters. The zero-order valence-electron chi connectivity index (χ0n) is 43.6. The van der Waals surface area contributed by atoms with Gasteiger partial charge in [0, 0.05) is 0 Å². The van der Waals surface area contributed by atoms with Crippen LogP contribution in [0.25, 0.3) is 0 Å². The number of alkyl carbamates (subject to hydrolysis) is 2. The summed E-state index contributed by atoms with van der Waals surface area (Å²) in [7, 11) is -4.73. The molecular formula is C52H76N4O14S2. The van der Waals surface area contributed by atoms with Crippen LogP contribution in [0.2, 0.25) is 0 Å². The number of nitrogens with one attached hydrogen (secondary N) is 3. The van der Waals surface area contributed by atoms with Crippen LogP contribution in [0.1, 0.15) is 80.4 Å². The van der Waals surface area contributed by atoms with Gasteiger partial charge in [-0.3, -0.25) is 9.68 Å². The van der Waals surface area contributed by atoms with Crippen LogP contribution in [0.4, 0.5) is 9.59 Å². The average molecular weight is 1050 g/mol. The maximum absolute atomic E-state index is 13.4. The number of rotatable bonds is 22. The maximum atomic E-state index is 13.4. The molecule has 4 aromatic carbocycles. The Morgan fingerprint density at radius 2 is 1.11 bits per heavy atom. The average Bonchev–Trinajstić information content (AvgIpc) is 4.16. The fraction of sp³-hybridized carbons (Fsp3) is 0.500. The van der Waals surface area contributed by atoms with Crippen molar-refractivity contribution in [2.75, 3.05) is 40.6 Å². The number of aliphatic hydroxyl groups excluding tert-OH is 1. The standard InChI is InChI=1S/C26H38N2O7S.C15H21NO3.C11H17NO4S/c1-19(2)18-34-28(36(31,32)22-14-12-21(33-6)13-15-22)17-24(29)23(16-20-10-8-7-9-11-20)27-25(30)35-26(3,4)5;1-15(2,3)19-14(17)16-12(13-10-18-13)9-11-7-5-4-6-8-11;1-9(2)8-16-12-17(13,14)11-6-4-10(15-3)5-7-11/h7-15,19,23-24,29H,16-18H2,1-6H3,(H,27,30);4-8,12-13H,9-10H2,1-3H3,(H,16,17);4-7,9,12H,8H2,1-3H3/t23-,24+;12-,13?;/m00./s1. The van der Waals surface area contributed by atoms with E-state index >= 15 is 0 Å². The SMILES string of the molecule is CC(C)(C)OC(=O)N[C@@H](Cc1ccccc1)C1CO1.COc1ccc(S(=O)(=O)N(C[C@@H](O)[C@H](Cc2ccccc2)NC(=O)OC(C)(C)C)OCC(C)C)cc1.COc1ccc(S(=O)(=O)NOCC(C)C)cc1. The van der Waals surface area contributed by atoms with Crippen LogP contribution in [0.3, 0.4) is 0 Å². The highest BCUT2D eigenvalue weighted by molar-refractivity contribution is 7.89. The second-order valence-corrected chi connectivity index (χ2v) is 23.1. The van der Waals surface area contributed by atoms with E-state index in [1.165, 1.54) is 56.2 Å². The summed E-state index contributed by atoms with van der Waals surface area (Å²) in [4.78, 5) is 37.1. The monoisotopic (exact) mass is 1040 g/mol. The van der Waals surface area contributed by atoms with Crippen LogP contribution in [0, 0.1) is 11.8 Å². The Morgan fingerprint density at radius 3 is 1.54 bits per heavy atom. The normalized spacial score (nSPS) is 14.9. The van der Waals surface area contributed by atoms with Gasteiger partial charge in [0.25, 0.3) is 20.0 Å². The number of aliphatic hydroxyl groups is 1. The first-order valence-electron chi connectivity index (χ1n) is 23.6. The highest BCUT2D eigenvalue weighted by Crippen LogP contribution is 2.23. The Labute approximate surface area is 427 Å². The molecule has 1 aliphatic heterocycles. The summed E-state index contributed by atoms with van der Waals surface area (Å²) in [5, 5.41) is 16.8. The van der Waals surface area contributed by atoms with Crippen molar-refractivity contribution in [1.29, 1.82) is 0 Å². The summed E-state index contributed by atoms with van der Waals surface area (Å²) in [6, 6.07) is 30.4. The lowest BCUT2D eigenvalue weighted by Gasteiger charge is -2.30. The van der Waals surface area contributed by atoms with Gasteiger partial charge < -0.3 is 39.4 Å². The van der Waals surface area contributed by atoms with E-state index in [4.69, 9.17) is 33.4 Å². The van der Waals surface area contributed by atoms with E-state index in [9.17, 15) is 31.5 Å². The predicted molar refractivity (Wildman–Crippen MR) is 274 cm³/mol. The minimum atomic E-state index is -4.13. The number of hydrogen-bond donors (Lipinski definition) is 4. The minimum absolute atomic E-state index is 0.0148. The van der Waals surface area contributed by atoms with Gasteiger partial charge in [-0.15, -0.1) is 0 Å². The Morgan fingerprint density at radius 1 is 0.667 bits per heavy atom. The van der Waals surface area contributed by atoms with Gasteiger partial charge in [0.1, 0.15) is 28.8 Å². The topological polar surface area (TPSA) is 230 Å². The molecule has 4 atom stereocenters. The van der Waals surface area contributed by atoms with Crippen LogP contribution >= 0.6 is 0 Å². The molecule has 20 heteroatoms. The van der Waals surface area contributed by atoms with Crippen LogP contribution in [0.15, 0.2) is 119 Å². The highest BCUT2D eigenvalue weighted by atomic mass is 32.2.